The zero-order valence-electron chi connectivity index (χ0n) is 14.8. The van der Waals surface area contributed by atoms with Gasteiger partial charge in [-0.15, -0.1) is 0 Å². The second kappa shape index (κ2) is 8.62. The van der Waals surface area contributed by atoms with Gasteiger partial charge in [0.2, 0.25) is 0 Å². The number of likely N-dealkylation sites (N-methyl/N-ethyl adjacent to an activating group) is 1. The molecule has 0 aliphatic carbocycles. The number of ether oxygens (including phenoxy) is 1. The summed E-state index contributed by atoms with van der Waals surface area (Å²) in [6.07, 6.45) is 1.49. The highest BCUT2D eigenvalue weighted by atomic mass is 16.5. The van der Waals surface area contributed by atoms with Crippen molar-refractivity contribution in [3.8, 4) is 5.75 Å². The second-order valence-corrected chi connectivity index (χ2v) is 5.75. The van der Waals surface area contributed by atoms with E-state index in [0.29, 0.717) is 12.4 Å². The average molecular weight is 361 g/mol. The van der Waals surface area contributed by atoms with E-state index in [2.05, 4.69) is 15.8 Å². The Morgan fingerprint density at radius 2 is 1.70 bits per heavy atom. The summed E-state index contributed by atoms with van der Waals surface area (Å²) in [7, 11) is 1.38. The van der Waals surface area contributed by atoms with Crippen molar-refractivity contribution in [3.63, 3.8) is 0 Å². The van der Waals surface area contributed by atoms with E-state index in [9.17, 15) is 9.59 Å². The molecule has 6 nitrogen and oxygen atoms in total. The fourth-order valence-corrected chi connectivity index (χ4v) is 2.59. The third-order valence-electron chi connectivity index (χ3n) is 3.96. The minimum atomic E-state index is -0.833. The second-order valence-electron chi connectivity index (χ2n) is 5.75. The van der Waals surface area contributed by atoms with Gasteiger partial charge in [0.05, 0.1) is 6.21 Å². The lowest BCUT2D eigenvalue weighted by Gasteiger charge is -2.12. The Hall–Kier alpha value is -3.67. The van der Waals surface area contributed by atoms with Gasteiger partial charge < -0.3 is 10.1 Å². The van der Waals surface area contributed by atoms with Gasteiger partial charge in [-0.05, 0) is 22.4 Å². The molecule has 0 heterocycles. The minimum absolute atomic E-state index is 0.407. The van der Waals surface area contributed by atoms with Crippen LogP contribution in [0.1, 0.15) is 11.1 Å². The van der Waals surface area contributed by atoms with Crippen LogP contribution in [-0.2, 0) is 16.2 Å². The number of carbonyl (C=O) groups is 2. The Balaban J connectivity index is 1.87. The molecule has 3 aromatic rings. The van der Waals surface area contributed by atoms with Crippen molar-refractivity contribution in [1.29, 1.82) is 0 Å². The summed E-state index contributed by atoms with van der Waals surface area (Å²) in [4.78, 5) is 22.8. The average Bonchev–Trinajstić information content (AvgIpc) is 2.72. The van der Waals surface area contributed by atoms with Crippen LogP contribution < -0.4 is 15.5 Å². The molecule has 3 aromatic carbocycles. The van der Waals surface area contributed by atoms with Gasteiger partial charge in [0.1, 0.15) is 12.4 Å². The predicted molar refractivity (Wildman–Crippen MR) is 105 cm³/mol. The van der Waals surface area contributed by atoms with Crippen LogP contribution in [0.4, 0.5) is 0 Å². The van der Waals surface area contributed by atoms with Crippen LogP contribution in [0.5, 0.6) is 5.75 Å². The molecule has 0 atom stereocenters. The van der Waals surface area contributed by atoms with Crippen LogP contribution in [-0.4, -0.2) is 25.1 Å². The normalized spacial score (nSPS) is 10.7. The zero-order chi connectivity index (χ0) is 19.1. The first-order valence-corrected chi connectivity index (χ1v) is 8.42. The maximum atomic E-state index is 11.6. The molecule has 0 fully saturated rings. The first kappa shape index (κ1) is 18.1. The lowest BCUT2D eigenvalue weighted by atomic mass is 10.0. The number of hydrogen-bond donors (Lipinski definition) is 2. The molecule has 2 amide bonds. The molecule has 3 rings (SSSR count). The van der Waals surface area contributed by atoms with E-state index in [-0.39, 0.29) is 0 Å². The van der Waals surface area contributed by atoms with Crippen LogP contribution in [0.2, 0.25) is 0 Å². The molecule has 0 radical (unpaired) electrons. The van der Waals surface area contributed by atoms with Crippen molar-refractivity contribution in [2.75, 3.05) is 7.05 Å². The van der Waals surface area contributed by atoms with Crippen molar-refractivity contribution in [2.45, 2.75) is 6.61 Å². The third-order valence-corrected chi connectivity index (χ3v) is 3.96. The molecule has 0 bridgehead atoms. The SMILES string of the molecule is CNC(=O)C(=O)N/N=C\c1c(OCc2ccccc2)ccc2ccccc12. The maximum absolute atomic E-state index is 11.6. The summed E-state index contributed by atoms with van der Waals surface area (Å²) in [5, 5.41) is 8.10. The largest absolute Gasteiger partial charge is 0.488 e. The fraction of sp³-hybridized carbons (Fsp3) is 0.0952. The van der Waals surface area contributed by atoms with Gasteiger partial charge in [-0.3, -0.25) is 9.59 Å². The third kappa shape index (κ3) is 4.49. The quantitative estimate of drug-likeness (QED) is 0.416. The molecular formula is C21H19N3O3. The van der Waals surface area contributed by atoms with Crippen molar-refractivity contribution in [3.05, 3.63) is 77.9 Å². The van der Waals surface area contributed by atoms with Crippen molar-refractivity contribution < 1.29 is 14.3 Å². The summed E-state index contributed by atoms with van der Waals surface area (Å²) >= 11 is 0. The van der Waals surface area contributed by atoms with Gasteiger partial charge in [0.25, 0.3) is 0 Å². The van der Waals surface area contributed by atoms with E-state index < -0.39 is 11.8 Å². The Morgan fingerprint density at radius 3 is 2.48 bits per heavy atom. The van der Waals surface area contributed by atoms with E-state index in [1.165, 1.54) is 13.3 Å². The van der Waals surface area contributed by atoms with Gasteiger partial charge in [0.15, 0.2) is 0 Å². The summed E-state index contributed by atoms with van der Waals surface area (Å²) in [5.41, 5.74) is 3.98. The number of rotatable bonds is 5. The van der Waals surface area contributed by atoms with E-state index >= 15 is 0 Å². The van der Waals surface area contributed by atoms with Gasteiger partial charge in [-0.25, -0.2) is 5.43 Å². The van der Waals surface area contributed by atoms with Crippen LogP contribution in [0.3, 0.4) is 0 Å². The number of fused-ring (bicyclic) bond motifs is 1. The zero-order valence-corrected chi connectivity index (χ0v) is 14.8. The molecule has 0 saturated heterocycles. The minimum Gasteiger partial charge on any atom is -0.488 e. The Morgan fingerprint density at radius 1 is 0.963 bits per heavy atom. The van der Waals surface area contributed by atoms with Crippen LogP contribution >= 0.6 is 0 Å². The molecule has 0 aliphatic rings. The van der Waals surface area contributed by atoms with E-state index in [4.69, 9.17) is 4.74 Å². The monoisotopic (exact) mass is 361 g/mol. The Labute approximate surface area is 156 Å². The van der Waals surface area contributed by atoms with E-state index in [1.54, 1.807) is 0 Å². The number of hydrogen-bond acceptors (Lipinski definition) is 4. The van der Waals surface area contributed by atoms with Crippen LogP contribution in [0.25, 0.3) is 10.8 Å². The van der Waals surface area contributed by atoms with E-state index in [1.807, 2.05) is 66.7 Å². The molecule has 0 spiro atoms. The highest BCUT2D eigenvalue weighted by Crippen LogP contribution is 2.27. The lowest BCUT2D eigenvalue weighted by molar-refractivity contribution is -0.138. The summed E-state index contributed by atoms with van der Waals surface area (Å²) in [6, 6.07) is 21.5. The van der Waals surface area contributed by atoms with E-state index in [0.717, 1.165) is 21.9 Å². The highest BCUT2D eigenvalue weighted by Gasteiger charge is 2.11. The summed E-state index contributed by atoms with van der Waals surface area (Å²) in [6.45, 7) is 0.407. The number of amides is 2. The molecule has 0 saturated carbocycles. The van der Waals surface area contributed by atoms with Crippen LogP contribution in [0.15, 0.2) is 71.8 Å². The molecule has 0 aliphatic heterocycles. The van der Waals surface area contributed by atoms with Gasteiger partial charge >= 0.3 is 11.8 Å². The molecule has 6 heteroatoms. The lowest BCUT2D eigenvalue weighted by Crippen LogP contribution is -2.35. The summed E-state index contributed by atoms with van der Waals surface area (Å²) < 4.78 is 5.97. The maximum Gasteiger partial charge on any atom is 0.329 e. The van der Waals surface area contributed by atoms with Crippen molar-refractivity contribution in [1.82, 2.24) is 10.7 Å². The number of nitrogens with zero attached hydrogens (tertiary/aromatic N) is 1. The number of carbonyl (C=O) groups excluding carboxylic acids is 2. The topological polar surface area (TPSA) is 79.8 Å². The molecular weight excluding hydrogens is 342 g/mol. The summed E-state index contributed by atoms with van der Waals surface area (Å²) in [5.74, 6) is -0.957. The molecule has 0 aromatic heterocycles. The van der Waals surface area contributed by atoms with Crippen LogP contribution in [0, 0.1) is 0 Å². The van der Waals surface area contributed by atoms with Gasteiger partial charge in [0, 0.05) is 12.6 Å². The first-order chi connectivity index (χ1) is 13.2. The molecule has 136 valence electrons. The van der Waals surface area contributed by atoms with Crippen molar-refractivity contribution in [2.24, 2.45) is 5.10 Å². The molecule has 27 heavy (non-hydrogen) atoms. The first-order valence-electron chi connectivity index (χ1n) is 8.42. The predicted octanol–water partition coefficient (Wildman–Crippen LogP) is 2.61. The van der Waals surface area contributed by atoms with Gasteiger partial charge in [-0.2, -0.15) is 5.10 Å². The van der Waals surface area contributed by atoms with Gasteiger partial charge in [-0.1, -0.05) is 60.7 Å². The molecule has 0 unspecified atom stereocenters. The van der Waals surface area contributed by atoms with Crippen molar-refractivity contribution >= 4 is 28.8 Å². The smallest absolute Gasteiger partial charge is 0.329 e. The Kier molecular flexibility index (Phi) is 5.79. The number of nitrogens with one attached hydrogen (secondary N) is 2. The number of hydrazone groups is 1. The molecule has 2 N–H and O–H groups in total. The standard InChI is InChI=1S/C21H19N3O3/c1-22-20(25)21(26)24-23-13-18-17-10-6-5-9-16(17)11-12-19(18)27-14-15-7-3-2-4-8-15/h2-13H,14H2,1H3,(H,22,25)(H,24,26)/b23-13-. The Bertz CT molecular complexity index is 984. The fourth-order valence-electron chi connectivity index (χ4n) is 2.59. The number of benzene rings is 3. The highest BCUT2D eigenvalue weighted by molar-refractivity contribution is 6.35.